The molecule has 0 bridgehead atoms. The molecule has 0 saturated carbocycles. The molecular formula is C8H5O3S. The van der Waals surface area contributed by atoms with E-state index < -0.39 is 10.3 Å². The van der Waals surface area contributed by atoms with Gasteiger partial charge in [0.2, 0.25) is 10.3 Å². The lowest BCUT2D eigenvalue weighted by Crippen LogP contribution is -2.02. The zero-order chi connectivity index (χ0) is 8.97. The number of hydrogen-bond donors (Lipinski definition) is 0. The monoisotopic (exact) mass is 181 g/mol. The topological polar surface area (TPSA) is 51.2 Å². The zero-order valence-electron chi connectivity index (χ0n) is 6.02. The molecule has 0 aromatic heterocycles. The molecule has 1 radical (unpaired) electrons. The van der Waals surface area contributed by atoms with Crippen LogP contribution in [-0.4, -0.2) is 19.6 Å². The Morgan fingerprint density at radius 2 is 1.75 bits per heavy atom. The molecule has 1 rings (SSSR count). The Morgan fingerprint density at radius 1 is 1.17 bits per heavy atom. The molecule has 0 atom stereocenters. The van der Waals surface area contributed by atoms with Crippen molar-refractivity contribution in [3.05, 3.63) is 35.9 Å². The van der Waals surface area contributed by atoms with Crippen LogP contribution in [0.15, 0.2) is 30.3 Å². The first-order chi connectivity index (χ1) is 5.75. The summed E-state index contributed by atoms with van der Waals surface area (Å²) < 4.78 is 20.9. The Hall–Kier alpha value is -1.42. The zero-order valence-corrected chi connectivity index (χ0v) is 6.84. The van der Waals surface area contributed by atoms with Crippen LogP contribution in [0.2, 0.25) is 0 Å². The first-order valence-corrected chi connectivity index (χ1v) is 4.23. The van der Waals surface area contributed by atoms with Gasteiger partial charge in [-0.3, -0.25) is 4.79 Å². The molecule has 0 fully saturated rings. The van der Waals surface area contributed by atoms with Gasteiger partial charge in [0.1, 0.15) is 0 Å². The quantitative estimate of drug-likeness (QED) is 0.483. The maximum absolute atomic E-state index is 10.4. The molecule has 0 amide bonds. The van der Waals surface area contributed by atoms with E-state index >= 15 is 0 Å². The Balaban J connectivity index is 3.33. The van der Waals surface area contributed by atoms with E-state index in [9.17, 15) is 13.2 Å². The SMILES string of the molecule is O=[C]C(c1ccccc1)=S(=O)=O. The summed E-state index contributed by atoms with van der Waals surface area (Å²) in [4.78, 5) is 9.85. The van der Waals surface area contributed by atoms with Crippen molar-refractivity contribution in [3.63, 3.8) is 0 Å². The molecule has 0 spiro atoms. The molecule has 0 aliphatic carbocycles. The van der Waals surface area contributed by atoms with E-state index in [1.807, 2.05) is 0 Å². The highest BCUT2D eigenvalue weighted by Gasteiger charge is 2.02. The van der Waals surface area contributed by atoms with Crippen molar-refractivity contribution in [1.29, 1.82) is 0 Å². The fraction of sp³-hybridized carbons (Fsp3) is 0. The van der Waals surface area contributed by atoms with Crippen LogP contribution in [0.3, 0.4) is 0 Å². The molecule has 0 unspecified atom stereocenters. The van der Waals surface area contributed by atoms with Crippen LogP contribution in [0.5, 0.6) is 0 Å². The van der Waals surface area contributed by atoms with Crippen LogP contribution in [0.25, 0.3) is 0 Å². The average Bonchev–Trinajstić information content (AvgIpc) is 2.07. The fourth-order valence-corrected chi connectivity index (χ4v) is 1.18. The van der Waals surface area contributed by atoms with Crippen LogP contribution < -0.4 is 0 Å². The predicted molar refractivity (Wildman–Crippen MR) is 45.2 cm³/mol. The van der Waals surface area contributed by atoms with Gasteiger partial charge in [-0.1, -0.05) is 30.3 Å². The lowest BCUT2D eigenvalue weighted by Gasteiger charge is -1.90. The van der Waals surface area contributed by atoms with Gasteiger partial charge in [0, 0.05) is 5.56 Å². The van der Waals surface area contributed by atoms with Crippen molar-refractivity contribution in [1.82, 2.24) is 0 Å². The Morgan fingerprint density at radius 3 is 2.17 bits per heavy atom. The number of benzene rings is 1. The van der Waals surface area contributed by atoms with Gasteiger partial charge in [0.05, 0.1) is 0 Å². The van der Waals surface area contributed by atoms with Crippen molar-refractivity contribution >= 4 is 21.4 Å². The van der Waals surface area contributed by atoms with Gasteiger partial charge in [-0.05, 0) is 0 Å². The Labute approximate surface area is 71.2 Å². The molecular weight excluding hydrogens is 176 g/mol. The molecule has 1 aromatic rings. The molecule has 0 aliphatic rings. The molecule has 0 heterocycles. The van der Waals surface area contributed by atoms with E-state index in [1.54, 1.807) is 18.2 Å². The number of carbonyl (C=O) groups excluding carboxylic acids is 1. The maximum atomic E-state index is 10.4. The van der Waals surface area contributed by atoms with Gasteiger partial charge >= 0.3 is 0 Å². The minimum absolute atomic E-state index is 0.337. The van der Waals surface area contributed by atoms with Crippen molar-refractivity contribution in [3.8, 4) is 0 Å². The summed E-state index contributed by atoms with van der Waals surface area (Å²) in [6, 6.07) is 8.12. The minimum atomic E-state index is -2.51. The van der Waals surface area contributed by atoms with Crippen molar-refractivity contribution in [2.45, 2.75) is 0 Å². The van der Waals surface area contributed by atoms with Crippen LogP contribution in [-0.2, 0) is 15.1 Å². The highest BCUT2D eigenvalue weighted by Crippen LogP contribution is 1.97. The van der Waals surface area contributed by atoms with Gasteiger partial charge in [0.25, 0.3) is 6.29 Å². The third kappa shape index (κ3) is 1.79. The molecule has 0 N–H and O–H groups in total. The second-order valence-electron chi connectivity index (χ2n) is 2.03. The standard InChI is InChI=1S/C8H5O3S/c9-6-8(12(10)11)7-4-2-1-3-5-7/h1-5H. The van der Waals surface area contributed by atoms with Gasteiger partial charge in [-0.2, -0.15) is 8.42 Å². The van der Waals surface area contributed by atoms with Gasteiger partial charge < -0.3 is 0 Å². The molecule has 1 aromatic carbocycles. The number of rotatable bonds is 2. The predicted octanol–water partition coefficient (Wildman–Crippen LogP) is 0.196. The van der Waals surface area contributed by atoms with E-state index in [1.165, 1.54) is 18.4 Å². The summed E-state index contributed by atoms with van der Waals surface area (Å²) in [5.74, 6) is 0. The first kappa shape index (κ1) is 8.67. The molecule has 12 heavy (non-hydrogen) atoms. The summed E-state index contributed by atoms with van der Waals surface area (Å²) in [5, 5.41) is 0. The summed E-state index contributed by atoms with van der Waals surface area (Å²) in [7, 11) is -2.51. The molecule has 0 aliphatic heterocycles. The summed E-state index contributed by atoms with van der Waals surface area (Å²) in [6.07, 6.45) is 1.37. The lowest BCUT2D eigenvalue weighted by molar-refractivity contribution is 0.567. The lowest BCUT2D eigenvalue weighted by atomic mass is 10.2. The Bertz CT molecular complexity index is 395. The van der Waals surface area contributed by atoms with E-state index in [0.29, 0.717) is 5.56 Å². The van der Waals surface area contributed by atoms with Gasteiger partial charge in [-0.25, -0.2) is 0 Å². The largest absolute Gasteiger partial charge is 0.284 e. The van der Waals surface area contributed by atoms with E-state index in [2.05, 4.69) is 0 Å². The normalized spacial score (nSPS) is 9.00. The van der Waals surface area contributed by atoms with Crippen molar-refractivity contribution in [2.75, 3.05) is 0 Å². The molecule has 4 heteroatoms. The first-order valence-electron chi connectivity index (χ1n) is 3.15. The van der Waals surface area contributed by atoms with Crippen molar-refractivity contribution in [2.24, 2.45) is 0 Å². The third-order valence-corrected chi connectivity index (χ3v) is 1.95. The van der Waals surface area contributed by atoms with Gasteiger partial charge in [-0.15, -0.1) is 0 Å². The second kappa shape index (κ2) is 3.82. The number of hydrogen-bond acceptors (Lipinski definition) is 3. The molecule has 61 valence electrons. The average molecular weight is 181 g/mol. The Kier molecular flexibility index (Phi) is 2.76. The molecule has 0 saturated heterocycles. The second-order valence-corrected chi connectivity index (χ2v) is 2.91. The third-order valence-electron chi connectivity index (χ3n) is 1.30. The summed E-state index contributed by atoms with van der Waals surface area (Å²) in [6.45, 7) is 0. The smallest absolute Gasteiger partial charge is 0.250 e. The van der Waals surface area contributed by atoms with Crippen LogP contribution in [0, 0.1) is 0 Å². The summed E-state index contributed by atoms with van der Waals surface area (Å²) >= 11 is 0. The summed E-state index contributed by atoms with van der Waals surface area (Å²) in [5.41, 5.74) is 0.362. The highest BCUT2D eigenvalue weighted by atomic mass is 32.2. The van der Waals surface area contributed by atoms with Crippen LogP contribution in [0.4, 0.5) is 0 Å². The maximum Gasteiger partial charge on any atom is 0.250 e. The van der Waals surface area contributed by atoms with E-state index in [4.69, 9.17) is 0 Å². The molecule has 3 nitrogen and oxygen atoms in total. The van der Waals surface area contributed by atoms with Gasteiger partial charge in [0.15, 0.2) is 4.86 Å². The van der Waals surface area contributed by atoms with Crippen LogP contribution in [0.1, 0.15) is 5.56 Å². The van der Waals surface area contributed by atoms with Crippen molar-refractivity contribution < 1.29 is 13.2 Å². The minimum Gasteiger partial charge on any atom is -0.284 e. The van der Waals surface area contributed by atoms with E-state index in [0.717, 1.165) is 0 Å². The fourth-order valence-electron chi connectivity index (χ4n) is 0.779. The highest BCUT2D eigenvalue weighted by molar-refractivity contribution is 7.75. The van der Waals surface area contributed by atoms with Crippen LogP contribution >= 0.6 is 0 Å². The van der Waals surface area contributed by atoms with E-state index in [-0.39, 0.29) is 4.86 Å².